The Bertz CT molecular complexity index is 639. The van der Waals surface area contributed by atoms with Crippen molar-refractivity contribution in [3.8, 4) is 0 Å². The lowest BCUT2D eigenvalue weighted by molar-refractivity contribution is 0.191. The van der Waals surface area contributed by atoms with Crippen molar-refractivity contribution in [2.24, 2.45) is 0 Å². The molecule has 0 aliphatic carbocycles. The molecule has 4 nitrogen and oxygen atoms in total. The maximum atomic E-state index is 12.1. The summed E-state index contributed by atoms with van der Waals surface area (Å²) in [6.07, 6.45) is 1.96. The molecule has 2 amide bonds. The third-order valence-corrected chi connectivity index (χ3v) is 5.06. The summed E-state index contributed by atoms with van der Waals surface area (Å²) < 4.78 is 0. The molecule has 1 saturated heterocycles. The van der Waals surface area contributed by atoms with Crippen LogP contribution in [0.5, 0.6) is 0 Å². The Morgan fingerprint density at radius 1 is 1.26 bits per heavy atom. The molecular weight excluding hydrogens is 330 g/mol. The zero-order valence-electron chi connectivity index (χ0n) is 12.8. The highest BCUT2D eigenvalue weighted by atomic mass is 35.5. The molecule has 0 bridgehead atoms. The van der Waals surface area contributed by atoms with E-state index < -0.39 is 0 Å². The van der Waals surface area contributed by atoms with Gasteiger partial charge < -0.3 is 10.6 Å². The number of carbonyl (C=O) groups excluding carboxylic acids is 1. The maximum Gasteiger partial charge on any atom is 0.319 e. The van der Waals surface area contributed by atoms with Gasteiger partial charge >= 0.3 is 6.03 Å². The number of hydrogen-bond acceptors (Lipinski definition) is 3. The van der Waals surface area contributed by atoms with E-state index in [0.717, 1.165) is 32.5 Å². The number of hydrogen-bond donors (Lipinski definition) is 2. The number of amides is 2. The third-order valence-electron chi connectivity index (χ3n) is 3.96. The highest BCUT2D eigenvalue weighted by Gasteiger charge is 2.20. The fourth-order valence-electron chi connectivity index (χ4n) is 2.78. The Morgan fingerprint density at radius 2 is 2.09 bits per heavy atom. The number of urea groups is 1. The van der Waals surface area contributed by atoms with E-state index >= 15 is 0 Å². The van der Waals surface area contributed by atoms with Crippen molar-refractivity contribution in [1.82, 2.24) is 10.2 Å². The second-order valence-corrected chi connectivity index (χ2v) is 7.21. The van der Waals surface area contributed by atoms with Crippen molar-refractivity contribution in [3.63, 3.8) is 0 Å². The first-order chi connectivity index (χ1) is 11.2. The molecule has 0 atom stereocenters. The van der Waals surface area contributed by atoms with Gasteiger partial charge in [0.25, 0.3) is 0 Å². The second kappa shape index (κ2) is 7.81. The lowest BCUT2D eigenvalue weighted by Gasteiger charge is -2.32. The Labute approximate surface area is 145 Å². The van der Waals surface area contributed by atoms with Gasteiger partial charge in [0, 0.05) is 41.3 Å². The number of nitrogens with one attached hydrogen (secondary N) is 2. The number of rotatable bonds is 4. The lowest BCUT2D eigenvalue weighted by Crippen LogP contribution is -2.45. The quantitative estimate of drug-likeness (QED) is 0.869. The van der Waals surface area contributed by atoms with E-state index in [-0.39, 0.29) is 12.1 Å². The minimum atomic E-state index is -0.163. The van der Waals surface area contributed by atoms with E-state index in [1.807, 2.05) is 12.1 Å². The monoisotopic (exact) mass is 349 g/mol. The van der Waals surface area contributed by atoms with Crippen molar-refractivity contribution in [3.05, 3.63) is 51.7 Å². The van der Waals surface area contributed by atoms with Crippen LogP contribution in [0.15, 0.2) is 41.8 Å². The summed E-state index contributed by atoms with van der Waals surface area (Å²) in [6.45, 7) is 3.04. The lowest BCUT2D eigenvalue weighted by atomic mass is 10.1. The van der Waals surface area contributed by atoms with E-state index in [1.54, 1.807) is 23.5 Å². The number of halogens is 1. The molecule has 0 spiro atoms. The van der Waals surface area contributed by atoms with Gasteiger partial charge in [-0.2, -0.15) is 0 Å². The number of nitrogens with zero attached hydrogens (tertiary/aromatic N) is 1. The van der Waals surface area contributed by atoms with Crippen molar-refractivity contribution < 1.29 is 4.79 Å². The van der Waals surface area contributed by atoms with Crippen molar-refractivity contribution in [2.75, 3.05) is 18.4 Å². The van der Waals surface area contributed by atoms with Crippen LogP contribution >= 0.6 is 22.9 Å². The highest BCUT2D eigenvalue weighted by Crippen LogP contribution is 2.18. The summed E-state index contributed by atoms with van der Waals surface area (Å²) in [5, 5.41) is 8.61. The van der Waals surface area contributed by atoms with Crippen LogP contribution < -0.4 is 10.6 Å². The van der Waals surface area contributed by atoms with Crippen LogP contribution in [0, 0.1) is 0 Å². The first-order valence-electron chi connectivity index (χ1n) is 7.77. The van der Waals surface area contributed by atoms with Crippen LogP contribution in [0.3, 0.4) is 0 Å². The van der Waals surface area contributed by atoms with Crippen LogP contribution in [-0.2, 0) is 6.54 Å². The zero-order chi connectivity index (χ0) is 16.1. The molecule has 0 unspecified atom stereocenters. The number of thiophene rings is 1. The summed E-state index contributed by atoms with van der Waals surface area (Å²) in [7, 11) is 0. The van der Waals surface area contributed by atoms with Gasteiger partial charge in [0.1, 0.15) is 0 Å². The predicted molar refractivity (Wildman–Crippen MR) is 96.2 cm³/mol. The van der Waals surface area contributed by atoms with E-state index in [1.165, 1.54) is 4.88 Å². The fourth-order valence-corrected chi connectivity index (χ4v) is 3.71. The Kier molecular flexibility index (Phi) is 5.54. The van der Waals surface area contributed by atoms with E-state index in [4.69, 9.17) is 11.6 Å². The topological polar surface area (TPSA) is 44.4 Å². The minimum Gasteiger partial charge on any atom is -0.335 e. The van der Waals surface area contributed by atoms with Crippen molar-refractivity contribution in [2.45, 2.75) is 25.4 Å². The molecule has 23 heavy (non-hydrogen) atoms. The molecule has 0 radical (unpaired) electrons. The van der Waals surface area contributed by atoms with Gasteiger partial charge in [-0.05, 0) is 42.5 Å². The summed E-state index contributed by atoms with van der Waals surface area (Å²) in [4.78, 5) is 15.9. The molecule has 1 aliphatic rings. The molecule has 6 heteroatoms. The highest BCUT2D eigenvalue weighted by molar-refractivity contribution is 7.09. The van der Waals surface area contributed by atoms with Gasteiger partial charge in [-0.3, -0.25) is 4.90 Å². The number of likely N-dealkylation sites (tertiary alicyclic amines) is 1. The van der Waals surface area contributed by atoms with E-state index in [9.17, 15) is 4.79 Å². The van der Waals surface area contributed by atoms with Crippen LogP contribution in [0.4, 0.5) is 10.5 Å². The molecule has 1 aromatic heterocycles. The predicted octanol–water partition coefficient (Wildman–Crippen LogP) is 4.19. The van der Waals surface area contributed by atoms with Gasteiger partial charge in [-0.25, -0.2) is 4.79 Å². The standard InChI is InChI=1S/C17H20ClN3OS/c18-13-3-1-4-15(11-13)20-17(22)19-14-6-8-21(9-7-14)12-16-5-2-10-23-16/h1-5,10-11,14H,6-9,12H2,(H2,19,20,22). The van der Waals surface area contributed by atoms with Crippen molar-refractivity contribution >= 4 is 34.7 Å². The second-order valence-electron chi connectivity index (χ2n) is 5.74. The maximum absolute atomic E-state index is 12.1. The summed E-state index contributed by atoms with van der Waals surface area (Å²) in [6, 6.07) is 11.5. The van der Waals surface area contributed by atoms with Crippen LogP contribution in [0.2, 0.25) is 5.02 Å². The van der Waals surface area contributed by atoms with Crippen LogP contribution in [0.25, 0.3) is 0 Å². The number of carbonyl (C=O) groups is 1. The Hall–Kier alpha value is -1.56. The fraction of sp³-hybridized carbons (Fsp3) is 0.353. The average Bonchev–Trinajstić information content (AvgIpc) is 3.02. The van der Waals surface area contributed by atoms with Crippen molar-refractivity contribution in [1.29, 1.82) is 0 Å². The molecular formula is C17H20ClN3OS. The van der Waals surface area contributed by atoms with E-state index in [0.29, 0.717) is 10.7 Å². The number of benzene rings is 1. The summed E-state index contributed by atoms with van der Waals surface area (Å²) >= 11 is 7.72. The molecule has 1 aromatic carbocycles. The molecule has 2 N–H and O–H groups in total. The van der Waals surface area contributed by atoms with Gasteiger partial charge in [0.05, 0.1) is 0 Å². The van der Waals surface area contributed by atoms with Crippen LogP contribution in [0.1, 0.15) is 17.7 Å². The molecule has 0 saturated carbocycles. The van der Waals surface area contributed by atoms with Gasteiger partial charge in [-0.1, -0.05) is 23.7 Å². The minimum absolute atomic E-state index is 0.163. The van der Waals surface area contributed by atoms with E-state index in [2.05, 4.69) is 33.0 Å². The smallest absolute Gasteiger partial charge is 0.319 e. The molecule has 122 valence electrons. The first-order valence-corrected chi connectivity index (χ1v) is 9.02. The summed E-state index contributed by atoms with van der Waals surface area (Å²) in [5.41, 5.74) is 0.713. The number of piperidine rings is 1. The Balaban J connectivity index is 1.42. The average molecular weight is 350 g/mol. The molecule has 2 heterocycles. The molecule has 3 rings (SSSR count). The Morgan fingerprint density at radius 3 is 2.78 bits per heavy atom. The SMILES string of the molecule is O=C(Nc1cccc(Cl)c1)NC1CCN(Cc2cccs2)CC1. The van der Waals surface area contributed by atoms with Gasteiger partial charge in [-0.15, -0.1) is 11.3 Å². The number of anilines is 1. The molecule has 1 fully saturated rings. The normalized spacial score (nSPS) is 16.2. The largest absolute Gasteiger partial charge is 0.335 e. The molecule has 2 aromatic rings. The van der Waals surface area contributed by atoms with Gasteiger partial charge in [0.2, 0.25) is 0 Å². The first kappa shape index (κ1) is 16.3. The zero-order valence-corrected chi connectivity index (χ0v) is 14.4. The summed E-state index contributed by atoms with van der Waals surface area (Å²) in [5.74, 6) is 0. The van der Waals surface area contributed by atoms with Gasteiger partial charge in [0.15, 0.2) is 0 Å². The van der Waals surface area contributed by atoms with Crippen LogP contribution in [-0.4, -0.2) is 30.1 Å². The third kappa shape index (κ3) is 4.96. The molecule has 1 aliphatic heterocycles.